The maximum Gasteiger partial charge on any atom is -0.0118 e. The van der Waals surface area contributed by atoms with Crippen molar-refractivity contribution in [1.82, 2.24) is 0 Å². The van der Waals surface area contributed by atoms with E-state index in [1.54, 1.807) is 0 Å². The minimum absolute atomic E-state index is 0.611. The van der Waals surface area contributed by atoms with Crippen molar-refractivity contribution in [3.63, 3.8) is 0 Å². The third-order valence-corrected chi connectivity index (χ3v) is 4.19. The molecule has 0 aromatic heterocycles. The zero-order valence-corrected chi connectivity index (χ0v) is 10.7. The summed E-state index contributed by atoms with van der Waals surface area (Å²) in [6.07, 6.45) is 0. The normalized spacial score (nSPS) is 21.8. The summed E-state index contributed by atoms with van der Waals surface area (Å²) in [5, 5.41) is 0. The molecule has 0 saturated heterocycles. The highest BCUT2D eigenvalue weighted by molar-refractivity contribution is 5.75. The van der Waals surface area contributed by atoms with Crippen LogP contribution in [0.25, 0.3) is 11.1 Å². The van der Waals surface area contributed by atoms with Crippen LogP contribution in [0.3, 0.4) is 0 Å². The molecule has 0 aliphatic heterocycles. The van der Waals surface area contributed by atoms with Crippen LogP contribution in [0.1, 0.15) is 42.4 Å². The molecule has 17 heavy (non-hydrogen) atoms. The SMILES string of the molecule is Cc1ccc2c(c1)C(C)C(C)c1ccccc1-2. The van der Waals surface area contributed by atoms with E-state index in [9.17, 15) is 0 Å². The van der Waals surface area contributed by atoms with E-state index in [4.69, 9.17) is 0 Å². The summed E-state index contributed by atoms with van der Waals surface area (Å²) >= 11 is 0. The van der Waals surface area contributed by atoms with Gasteiger partial charge < -0.3 is 0 Å². The van der Waals surface area contributed by atoms with Crippen LogP contribution in [-0.4, -0.2) is 0 Å². The van der Waals surface area contributed by atoms with Gasteiger partial charge >= 0.3 is 0 Å². The Morgan fingerprint density at radius 3 is 2.24 bits per heavy atom. The molecule has 0 radical (unpaired) electrons. The Kier molecular flexibility index (Phi) is 2.32. The molecule has 0 N–H and O–H groups in total. The second-order valence-corrected chi connectivity index (χ2v) is 5.26. The Labute approximate surface area is 103 Å². The molecule has 0 amide bonds. The number of fused-ring (bicyclic) bond motifs is 3. The molecular weight excluding hydrogens is 204 g/mol. The molecule has 1 aliphatic carbocycles. The van der Waals surface area contributed by atoms with E-state index in [-0.39, 0.29) is 0 Å². The molecule has 0 heteroatoms. The first-order valence-corrected chi connectivity index (χ1v) is 6.38. The Balaban J connectivity index is 2.32. The summed E-state index contributed by atoms with van der Waals surface area (Å²) in [6.45, 7) is 6.87. The van der Waals surface area contributed by atoms with Crippen molar-refractivity contribution < 1.29 is 0 Å². The van der Waals surface area contributed by atoms with Gasteiger partial charge in [-0.05, 0) is 41.0 Å². The Morgan fingerprint density at radius 1 is 0.765 bits per heavy atom. The Morgan fingerprint density at radius 2 is 1.41 bits per heavy atom. The van der Waals surface area contributed by atoms with E-state index < -0.39 is 0 Å². The molecule has 0 spiro atoms. The second-order valence-electron chi connectivity index (χ2n) is 5.26. The van der Waals surface area contributed by atoms with Crippen LogP contribution < -0.4 is 0 Å². The fourth-order valence-electron chi connectivity index (χ4n) is 2.98. The minimum Gasteiger partial charge on any atom is -0.0619 e. The lowest BCUT2D eigenvalue weighted by atomic mass is 9.73. The third-order valence-electron chi connectivity index (χ3n) is 4.19. The van der Waals surface area contributed by atoms with Gasteiger partial charge in [-0.2, -0.15) is 0 Å². The van der Waals surface area contributed by atoms with Crippen molar-refractivity contribution in [3.8, 4) is 11.1 Å². The molecule has 86 valence electrons. The summed E-state index contributed by atoms with van der Waals surface area (Å²) in [6, 6.07) is 15.7. The van der Waals surface area contributed by atoms with Gasteiger partial charge in [-0.3, -0.25) is 0 Å². The highest BCUT2D eigenvalue weighted by Gasteiger charge is 2.27. The van der Waals surface area contributed by atoms with Gasteiger partial charge in [0, 0.05) is 0 Å². The van der Waals surface area contributed by atoms with E-state index in [1.807, 2.05) is 0 Å². The van der Waals surface area contributed by atoms with Crippen LogP contribution in [0.5, 0.6) is 0 Å². The average Bonchev–Trinajstić information content (AvgIpc) is 2.36. The maximum absolute atomic E-state index is 2.35. The van der Waals surface area contributed by atoms with Gasteiger partial charge in [0.2, 0.25) is 0 Å². The molecular formula is C17H18. The number of hydrogen-bond acceptors (Lipinski definition) is 0. The largest absolute Gasteiger partial charge is 0.0619 e. The Hall–Kier alpha value is -1.56. The number of benzene rings is 2. The van der Waals surface area contributed by atoms with Crippen molar-refractivity contribution in [1.29, 1.82) is 0 Å². The lowest BCUT2D eigenvalue weighted by Gasteiger charge is -2.31. The van der Waals surface area contributed by atoms with E-state index >= 15 is 0 Å². The molecule has 3 rings (SSSR count). The summed E-state index contributed by atoms with van der Waals surface area (Å²) < 4.78 is 0. The number of aryl methyl sites for hydroxylation is 1. The van der Waals surface area contributed by atoms with Crippen LogP contribution in [0, 0.1) is 6.92 Å². The third kappa shape index (κ3) is 1.51. The number of rotatable bonds is 0. The van der Waals surface area contributed by atoms with Gasteiger partial charge in [0.25, 0.3) is 0 Å². The predicted molar refractivity (Wildman–Crippen MR) is 73.4 cm³/mol. The molecule has 0 nitrogen and oxygen atoms in total. The van der Waals surface area contributed by atoms with Crippen molar-refractivity contribution in [3.05, 3.63) is 59.2 Å². The standard InChI is InChI=1S/C17H18/c1-11-8-9-16-15-7-5-4-6-14(15)12(2)13(3)17(16)10-11/h4-10,12-13H,1-3H3. The summed E-state index contributed by atoms with van der Waals surface area (Å²) in [5.41, 5.74) is 7.22. The lowest BCUT2D eigenvalue weighted by Crippen LogP contribution is -2.13. The van der Waals surface area contributed by atoms with Gasteiger partial charge in [-0.1, -0.05) is 61.9 Å². The highest BCUT2D eigenvalue weighted by Crippen LogP contribution is 2.46. The average molecular weight is 222 g/mol. The molecule has 2 atom stereocenters. The quantitative estimate of drug-likeness (QED) is 0.595. The van der Waals surface area contributed by atoms with Gasteiger partial charge in [0.05, 0.1) is 0 Å². The molecule has 0 bridgehead atoms. The number of hydrogen-bond donors (Lipinski definition) is 0. The molecule has 2 aromatic rings. The van der Waals surface area contributed by atoms with Crippen LogP contribution in [0.4, 0.5) is 0 Å². The summed E-state index contributed by atoms with van der Waals surface area (Å²) in [4.78, 5) is 0. The van der Waals surface area contributed by atoms with E-state index in [2.05, 4.69) is 63.2 Å². The molecule has 2 unspecified atom stereocenters. The second kappa shape index (κ2) is 3.73. The molecule has 0 fully saturated rings. The minimum atomic E-state index is 0.611. The molecule has 1 aliphatic rings. The van der Waals surface area contributed by atoms with Crippen molar-refractivity contribution in [2.45, 2.75) is 32.6 Å². The van der Waals surface area contributed by atoms with Crippen molar-refractivity contribution >= 4 is 0 Å². The van der Waals surface area contributed by atoms with Gasteiger partial charge in [-0.25, -0.2) is 0 Å². The summed E-state index contributed by atoms with van der Waals surface area (Å²) in [5.74, 6) is 1.22. The molecule has 2 aromatic carbocycles. The van der Waals surface area contributed by atoms with Crippen molar-refractivity contribution in [2.24, 2.45) is 0 Å². The first kappa shape index (κ1) is 10.6. The van der Waals surface area contributed by atoms with E-state index in [1.165, 1.54) is 27.8 Å². The smallest absolute Gasteiger partial charge is 0.0118 e. The Bertz CT molecular complexity index is 566. The van der Waals surface area contributed by atoms with Crippen LogP contribution >= 0.6 is 0 Å². The van der Waals surface area contributed by atoms with Crippen molar-refractivity contribution in [2.75, 3.05) is 0 Å². The topological polar surface area (TPSA) is 0 Å². The van der Waals surface area contributed by atoms with Gasteiger partial charge in [-0.15, -0.1) is 0 Å². The first-order valence-electron chi connectivity index (χ1n) is 6.38. The van der Waals surface area contributed by atoms with Crippen LogP contribution in [0.15, 0.2) is 42.5 Å². The summed E-state index contributed by atoms with van der Waals surface area (Å²) in [7, 11) is 0. The monoisotopic (exact) mass is 222 g/mol. The van der Waals surface area contributed by atoms with E-state index in [0.29, 0.717) is 11.8 Å². The zero-order valence-electron chi connectivity index (χ0n) is 10.7. The molecule has 0 heterocycles. The van der Waals surface area contributed by atoms with E-state index in [0.717, 1.165) is 0 Å². The van der Waals surface area contributed by atoms with Crippen LogP contribution in [-0.2, 0) is 0 Å². The predicted octanol–water partition coefficient (Wildman–Crippen LogP) is 4.88. The highest BCUT2D eigenvalue weighted by atomic mass is 14.3. The van der Waals surface area contributed by atoms with Crippen LogP contribution in [0.2, 0.25) is 0 Å². The molecule has 0 saturated carbocycles. The lowest BCUT2D eigenvalue weighted by molar-refractivity contribution is 0.616. The van der Waals surface area contributed by atoms with Gasteiger partial charge in [0.15, 0.2) is 0 Å². The zero-order chi connectivity index (χ0) is 12.0. The van der Waals surface area contributed by atoms with Gasteiger partial charge in [0.1, 0.15) is 0 Å². The maximum atomic E-state index is 2.35. The fourth-order valence-corrected chi connectivity index (χ4v) is 2.98. The first-order chi connectivity index (χ1) is 8.18. The fraction of sp³-hybridized carbons (Fsp3) is 0.294.